The van der Waals surface area contributed by atoms with Crippen LogP contribution < -0.4 is 4.90 Å². The molecule has 15 heavy (non-hydrogen) atoms. The molecule has 1 aromatic rings. The van der Waals surface area contributed by atoms with Crippen LogP contribution in [0.3, 0.4) is 0 Å². The molecular formula is C14H21N. The molecule has 0 bridgehead atoms. The first-order valence-corrected chi connectivity index (χ1v) is 5.90. The maximum atomic E-state index is 2.40. The van der Waals surface area contributed by atoms with Gasteiger partial charge in [0.25, 0.3) is 0 Å². The van der Waals surface area contributed by atoms with Gasteiger partial charge in [0.1, 0.15) is 0 Å². The van der Waals surface area contributed by atoms with Crippen LogP contribution in [0.5, 0.6) is 0 Å². The molecule has 1 nitrogen and oxygen atoms in total. The van der Waals surface area contributed by atoms with E-state index in [2.05, 4.69) is 51.0 Å². The van der Waals surface area contributed by atoms with E-state index in [-0.39, 0.29) is 0 Å². The second-order valence-electron chi connectivity index (χ2n) is 5.18. The Labute approximate surface area is 93.1 Å². The Morgan fingerprint density at radius 1 is 1.13 bits per heavy atom. The summed E-state index contributed by atoms with van der Waals surface area (Å²) in [5, 5.41) is 0. The first-order chi connectivity index (χ1) is 7.08. The highest BCUT2D eigenvalue weighted by molar-refractivity contribution is 5.52. The Morgan fingerprint density at radius 3 is 2.27 bits per heavy atom. The van der Waals surface area contributed by atoms with Crippen LogP contribution in [0.2, 0.25) is 0 Å². The zero-order valence-electron chi connectivity index (χ0n) is 10.2. The summed E-state index contributed by atoms with van der Waals surface area (Å²) in [6.45, 7) is 4.54. The Morgan fingerprint density at radius 2 is 1.80 bits per heavy atom. The van der Waals surface area contributed by atoms with Crippen molar-refractivity contribution < 1.29 is 0 Å². The largest absolute Gasteiger partial charge is 0.378 e. The van der Waals surface area contributed by atoms with E-state index in [0.29, 0.717) is 5.92 Å². The molecule has 82 valence electrons. The molecule has 0 radical (unpaired) electrons. The molecule has 0 aromatic heterocycles. The Balaban J connectivity index is 2.39. The molecule has 0 heterocycles. The Hall–Kier alpha value is -0.980. The van der Waals surface area contributed by atoms with Crippen molar-refractivity contribution in [2.24, 2.45) is 0 Å². The minimum Gasteiger partial charge on any atom is -0.378 e. The van der Waals surface area contributed by atoms with Crippen molar-refractivity contribution in [1.82, 2.24) is 0 Å². The average molecular weight is 203 g/mol. The minimum atomic E-state index is 0.627. The molecule has 0 atom stereocenters. The van der Waals surface area contributed by atoms with Gasteiger partial charge in [0.05, 0.1) is 0 Å². The van der Waals surface area contributed by atoms with E-state index >= 15 is 0 Å². The number of hydrogen-bond donors (Lipinski definition) is 0. The first-order valence-electron chi connectivity index (χ1n) is 5.90. The van der Waals surface area contributed by atoms with Crippen molar-refractivity contribution in [3.8, 4) is 0 Å². The van der Waals surface area contributed by atoms with E-state index in [9.17, 15) is 0 Å². The van der Waals surface area contributed by atoms with Gasteiger partial charge in [0.15, 0.2) is 0 Å². The predicted molar refractivity (Wildman–Crippen MR) is 66.8 cm³/mol. The molecule has 1 aliphatic carbocycles. The van der Waals surface area contributed by atoms with E-state index in [1.807, 2.05) is 0 Å². The van der Waals surface area contributed by atoms with Crippen molar-refractivity contribution in [2.45, 2.75) is 38.5 Å². The lowest BCUT2D eigenvalue weighted by Crippen LogP contribution is -2.09. The molecule has 1 saturated carbocycles. The van der Waals surface area contributed by atoms with Crippen LogP contribution in [0.1, 0.15) is 49.7 Å². The molecule has 1 heteroatoms. The number of rotatable bonds is 3. The summed E-state index contributed by atoms with van der Waals surface area (Å²) in [5.41, 5.74) is 4.37. The van der Waals surface area contributed by atoms with Gasteiger partial charge < -0.3 is 4.90 Å². The van der Waals surface area contributed by atoms with Gasteiger partial charge in [0.2, 0.25) is 0 Å². The van der Waals surface area contributed by atoms with Gasteiger partial charge in [-0.1, -0.05) is 19.9 Å². The fourth-order valence-corrected chi connectivity index (χ4v) is 1.90. The highest BCUT2D eigenvalue weighted by atomic mass is 15.1. The van der Waals surface area contributed by atoms with Crippen molar-refractivity contribution in [1.29, 1.82) is 0 Å². The van der Waals surface area contributed by atoms with Crippen LogP contribution in [0, 0.1) is 0 Å². The second kappa shape index (κ2) is 3.88. The normalized spacial score (nSPS) is 15.8. The smallest absolute Gasteiger partial charge is 0.0366 e. The van der Waals surface area contributed by atoms with Crippen LogP contribution in [0.4, 0.5) is 5.69 Å². The molecule has 1 aromatic carbocycles. The fourth-order valence-electron chi connectivity index (χ4n) is 1.90. The quantitative estimate of drug-likeness (QED) is 0.723. The summed E-state index contributed by atoms with van der Waals surface area (Å²) in [6, 6.07) is 7.06. The molecule has 0 aliphatic heterocycles. The fraction of sp³-hybridized carbons (Fsp3) is 0.571. The molecule has 0 amide bonds. The van der Waals surface area contributed by atoms with E-state index in [1.54, 1.807) is 5.56 Å². The Kier molecular flexibility index (Phi) is 2.72. The van der Waals surface area contributed by atoms with Crippen LogP contribution in [-0.4, -0.2) is 14.1 Å². The summed E-state index contributed by atoms with van der Waals surface area (Å²) >= 11 is 0. The second-order valence-corrected chi connectivity index (χ2v) is 5.18. The van der Waals surface area contributed by atoms with E-state index in [1.165, 1.54) is 24.1 Å². The standard InChI is InChI=1S/C14H21N/c1-10(2)12-7-13(11-5-6-11)9-14(8-12)15(3)4/h7-11H,5-6H2,1-4H3. The predicted octanol–water partition coefficient (Wildman–Crippen LogP) is 3.75. The van der Waals surface area contributed by atoms with Crippen molar-refractivity contribution >= 4 is 5.69 Å². The summed E-state index contributed by atoms with van der Waals surface area (Å²) in [4.78, 5) is 2.21. The van der Waals surface area contributed by atoms with Crippen LogP contribution >= 0.6 is 0 Å². The lowest BCUT2D eigenvalue weighted by atomic mass is 9.98. The van der Waals surface area contributed by atoms with Crippen molar-refractivity contribution in [2.75, 3.05) is 19.0 Å². The third-order valence-corrected chi connectivity index (χ3v) is 3.19. The van der Waals surface area contributed by atoms with Gasteiger partial charge in [-0.05, 0) is 47.9 Å². The van der Waals surface area contributed by atoms with Gasteiger partial charge in [-0.2, -0.15) is 0 Å². The van der Waals surface area contributed by atoms with Crippen LogP contribution in [0.25, 0.3) is 0 Å². The maximum absolute atomic E-state index is 2.40. The van der Waals surface area contributed by atoms with Crippen molar-refractivity contribution in [3.05, 3.63) is 29.3 Å². The summed E-state index contributed by atoms with van der Waals surface area (Å²) in [7, 11) is 4.24. The molecule has 1 aliphatic rings. The molecule has 0 spiro atoms. The van der Waals surface area contributed by atoms with E-state index < -0.39 is 0 Å². The van der Waals surface area contributed by atoms with Gasteiger partial charge in [-0.25, -0.2) is 0 Å². The number of hydrogen-bond acceptors (Lipinski definition) is 1. The van der Waals surface area contributed by atoms with E-state index in [4.69, 9.17) is 0 Å². The topological polar surface area (TPSA) is 3.24 Å². The summed E-state index contributed by atoms with van der Waals surface area (Å²) in [5.74, 6) is 1.48. The lowest BCUT2D eigenvalue weighted by Gasteiger charge is -2.17. The number of anilines is 1. The summed E-state index contributed by atoms with van der Waals surface area (Å²) < 4.78 is 0. The van der Waals surface area contributed by atoms with Crippen LogP contribution in [-0.2, 0) is 0 Å². The van der Waals surface area contributed by atoms with Gasteiger partial charge in [-0.15, -0.1) is 0 Å². The highest BCUT2D eigenvalue weighted by Gasteiger charge is 2.24. The van der Waals surface area contributed by atoms with Crippen LogP contribution in [0.15, 0.2) is 18.2 Å². The van der Waals surface area contributed by atoms with Gasteiger partial charge >= 0.3 is 0 Å². The maximum Gasteiger partial charge on any atom is 0.0366 e. The highest BCUT2D eigenvalue weighted by Crippen LogP contribution is 2.42. The average Bonchev–Trinajstić information content (AvgIpc) is 3.00. The van der Waals surface area contributed by atoms with E-state index in [0.717, 1.165) is 5.92 Å². The molecule has 1 fully saturated rings. The SMILES string of the molecule is CC(C)c1cc(C2CC2)cc(N(C)C)c1. The van der Waals surface area contributed by atoms with Gasteiger partial charge in [0, 0.05) is 19.8 Å². The third-order valence-electron chi connectivity index (χ3n) is 3.19. The molecular weight excluding hydrogens is 182 g/mol. The van der Waals surface area contributed by atoms with Crippen molar-refractivity contribution in [3.63, 3.8) is 0 Å². The Bertz CT molecular complexity index is 292. The molecule has 2 rings (SSSR count). The zero-order chi connectivity index (χ0) is 11.0. The zero-order valence-corrected chi connectivity index (χ0v) is 10.2. The molecule has 0 saturated heterocycles. The van der Waals surface area contributed by atoms with Gasteiger partial charge in [-0.3, -0.25) is 0 Å². The molecule has 0 unspecified atom stereocenters. The minimum absolute atomic E-state index is 0.627. The number of benzene rings is 1. The first kappa shape index (κ1) is 10.5. The summed E-state index contributed by atoms with van der Waals surface area (Å²) in [6.07, 6.45) is 2.77. The lowest BCUT2D eigenvalue weighted by molar-refractivity contribution is 0.860. The molecule has 0 N–H and O–H groups in total. The monoisotopic (exact) mass is 203 g/mol. The number of nitrogens with zero attached hydrogens (tertiary/aromatic N) is 1. The third kappa shape index (κ3) is 2.34.